The van der Waals surface area contributed by atoms with Gasteiger partial charge in [-0.05, 0) is 49.1 Å². The summed E-state index contributed by atoms with van der Waals surface area (Å²) in [5.41, 5.74) is 4.49. The first-order valence-corrected chi connectivity index (χ1v) is 13.6. The third kappa shape index (κ3) is 7.20. The highest BCUT2D eigenvalue weighted by atomic mass is 32.1. The predicted octanol–water partition coefficient (Wildman–Crippen LogP) is 9.16. The van der Waals surface area contributed by atoms with E-state index in [0.29, 0.717) is 11.8 Å². The number of fused-ring (bicyclic) bond motifs is 1. The van der Waals surface area contributed by atoms with Gasteiger partial charge < -0.3 is 0 Å². The lowest BCUT2D eigenvalue weighted by Gasteiger charge is -2.18. The molecule has 2 nitrogen and oxygen atoms in total. The molecular weight excluding hydrogens is 396 g/mol. The van der Waals surface area contributed by atoms with Crippen molar-refractivity contribution in [3.8, 4) is 0 Å². The Kier molecular flexibility index (Phi) is 10.1. The summed E-state index contributed by atoms with van der Waals surface area (Å²) >= 11 is 1.78. The van der Waals surface area contributed by atoms with Crippen LogP contribution in [0.4, 0.5) is 0 Å². The summed E-state index contributed by atoms with van der Waals surface area (Å²) in [6.45, 7) is 6.99. The van der Waals surface area contributed by atoms with E-state index < -0.39 is 0 Å². The summed E-state index contributed by atoms with van der Waals surface area (Å²) in [6, 6.07) is 9.51. The summed E-state index contributed by atoms with van der Waals surface area (Å²) in [5, 5.41) is 2.34. The summed E-state index contributed by atoms with van der Waals surface area (Å²) in [6.07, 6.45) is 19.8. The van der Waals surface area contributed by atoms with Crippen molar-refractivity contribution >= 4 is 16.3 Å². The van der Waals surface area contributed by atoms with Crippen LogP contribution >= 0.6 is 11.3 Å². The van der Waals surface area contributed by atoms with E-state index in [4.69, 9.17) is 0 Å². The van der Waals surface area contributed by atoms with E-state index in [1.165, 1.54) is 93.9 Å². The maximum Gasteiger partial charge on any atom is 0.193 e. The Morgan fingerprint density at radius 2 is 1.61 bits per heavy atom. The lowest BCUT2D eigenvalue weighted by molar-refractivity contribution is 0.491. The smallest absolute Gasteiger partial charge is 0.193 e. The fourth-order valence-electron chi connectivity index (χ4n) is 4.71. The monoisotopic (exact) mass is 438 g/mol. The summed E-state index contributed by atoms with van der Waals surface area (Å²) in [4.78, 5) is 5.60. The Labute approximate surface area is 194 Å². The quantitative estimate of drug-likeness (QED) is 0.216. The van der Waals surface area contributed by atoms with Gasteiger partial charge in [0.2, 0.25) is 0 Å². The number of unbranched alkanes of at least 4 members (excludes halogenated alkanes) is 5. The molecule has 0 saturated heterocycles. The number of imidazole rings is 1. The lowest BCUT2D eigenvalue weighted by Crippen LogP contribution is -2.04. The second-order valence-electron chi connectivity index (χ2n) is 9.32. The van der Waals surface area contributed by atoms with Gasteiger partial charge in [-0.3, -0.25) is 4.40 Å². The van der Waals surface area contributed by atoms with Crippen LogP contribution in [0.15, 0.2) is 42.0 Å². The molecule has 0 aliphatic heterocycles. The van der Waals surface area contributed by atoms with E-state index in [1.54, 1.807) is 11.3 Å². The highest BCUT2D eigenvalue weighted by molar-refractivity contribution is 7.15. The first-order valence-electron chi connectivity index (χ1n) is 12.7. The van der Waals surface area contributed by atoms with Gasteiger partial charge in [0.1, 0.15) is 0 Å². The molecular formula is C28H42N2S. The molecule has 2 heterocycles. The zero-order chi connectivity index (χ0) is 21.9. The van der Waals surface area contributed by atoms with Crippen LogP contribution in [0, 0.1) is 0 Å². The Morgan fingerprint density at radius 1 is 0.871 bits per heavy atom. The van der Waals surface area contributed by atoms with Gasteiger partial charge >= 0.3 is 0 Å². The van der Waals surface area contributed by atoms with Crippen LogP contribution in [-0.2, 0) is 6.42 Å². The normalized spacial score (nSPS) is 13.6. The third-order valence-corrected chi connectivity index (χ3v) is 7.67. The van der Waals surface area contributed by atoms with Crippen molar-refractivity contribution in [1.82, 2.24) is 9.38 Å². The molecule has 1 aromatic carbocycles. The number of benzene rings is 1. The van der Waals surface area contributed by atoms with Crippen LogP contribution in [0.25, 0.3) is 4.96 Å². The van der Waals surface area contributed by atoms with Crippen molar-refractivity contribution in [2.75, 3.05) is 0 Å². The van der Waals surface area contributed by atoms with Gasteiger partial charge in [-0.15, -0.1) is 11.3 Å². The fourth-order valence-corrected chi connectivity index (χ4v) is 5.64. The second-order valence-corrected chi connectivity index (χ2v) is 10.2. The van der Waals surface area contributed by atoms with Crippen LogP contribution in [0.5, 0.6) is 0 Å². The van der Waals surface area contributed by atoms with Crippen molar-refractivity contribution in [1.29, 1.82) is 0 Å². The van der Waals surface area contributed by atoms with Gasteiger partial charge in [0.05, 0.1) is 0 Å². The second kappa shape index (κ2) is 13.1. The number of aryl methyl sites for hydroxylation is 1. The SMILES string of the molecule is CCCCCCCc1ccc(C(C)CCCC(CCCC)c2csc3nccn23)cc1. The van der Waals surface area contributed by atoms with Gasteiger partial charge in [0, 0.05) is 29.4 Å². The van der Waals surface area contributed by atoms with Crippen LogP contribution < -0.4 is 0 Å². The van der Waals surface area contributed by atoms with E-state index in [-0.39, 0.29) is 0 Å². The standard InChI is InChI=1S/C28H42N2S/c1-4-6-8-9-10-13-24-16-18-25(19-17-24)23(3)12-11-15-26(14-7-5-2)27-22-31-28-29-20-21-30(27)28/h16-23,26H,4-15H2,1-3H3. The molecule has 3 rings (SSSR count). The maximum absolute atomic E-state index is 4.47. The van der Waals surface area contributed by atoms with Crippen LogP contribution in [0.2, 0.25) is 0 Å². The number of hydrogen-bond donors (Lipinski definition) is 0. The minimum Gasteiger partial charge on any atom is -0.294 e. The van der Waals surface area contributed by atoms with E-state index in [0.717, 1.165) is 4.96 Å². The molecule has 0 spiro atoms. The summed E-state index contributed by atoms with van der Waals surface area (Å²) in [7, 11) is 0. The number of rotatable bonds is 15. The first kappa shape index (κ1) is 24.0. The Balaban J connectivity index is 1.47. The summed E-state index contributed by atoms with van der Waals surface area (Å²) < 4.78 is 2.31. The molecule has 2 unspecified atom stereocenters. The molecule has 2 aromatic heterocycles. The molecule has 0 bridgehead atoms. The molecule has 170 valence electrons. The molecule has 31 heavy (non-hydrogen) atoms. The Bertz CT molecular complexity index is 861. The topological polar surface area (TPSA) is 17.3 Å². The largest absolute Gasteiger partial charge is 0.294 e. The van der Waals surface area contributed by atoms with Gasteiger partial charge in [-0.25, -0.2) is 4.98 Å². The zero-order valence-electron chi connectivity index (χ0n) is 20.0. The van der Waals surface area contributed by atoms with Crippen molar-refractivity contribution in [3.63, 3.8) is 0 Å². The van der Waals surface area contributed by atoms with Crippen molar-refractivity contribution in [2.45, 2.75) is 110 Å². The average molecular weight is 439 g/mol. The Morgan fingerprint density at radius 3 is 2.39 bits per heavy atom. The zero-order valence-corrected chi connectivity index (χ0v) is 20.8. The van der Waals surface area contributed by atoms with Crippen molar-refractivity contribution < 1.29 is 0 Å². The van der Waals surface area contributed by atoms with Crippen LogP contribution in [-0.4, -0.2) is 9.38 Å². The molecule has 0 amide bonds. The first-order chi connectivity index (χ1) is 15.2. The third-order valence-electron chi connectivity index (χ3n) is 6.80. The minimum absolute atomic E-state index is 0.640. The number of nitrogens with zero attached hydrogens (tertiary/aromatic N) is 2. The number of aromatic nitrogens is 2. The molecule has 0 aliphatic rings. The molecule has 0 aliphatic carbocycles. The van der Waals surface area contributed by atoms with Gasteiger partial charge in [-0.2, -0.15) is 0 Å². The number of hydrogen-bond acceptors (Lipinski definition) is 2. The average Bonchev–Trinajstić information content (AvgIpc) is 3.40. The molecule has 0 fully saturated rings. The van der Waals surface area contributed by atoms with Crippen LogP contribution in [0.3, 0.4) is 0 Å². The van der Waals surface area contributed by atoms with E-state index in [1.807, 2.05) is 6.20 Å². The maximum atomic E-state index is 4.47. The van der Waals surface area contributed by atoms with E-state index in [9.17, 15) is 0 Å². The van der Waals surface area contributed by atoms with E-state index >= 15 is 0 Å². The molecule has 0 saturated carbocycles. The molecule has 0 N–H and O–H groups in total. The lowest BCUT2D eigenvalue weighted by atomic mass is 9.89. The highest BCUT2D eigenvalue weighted by Crippen LogP contribution is 2.32. The predicted molar refractivity (Wildman–Crippen MR) is 137 cm³/mol. The van der Waals surface area contributed by atoms with Crippen LogP contribution in [0.1, 0.15) is 120 Å². The fraction of sp³-hybridized carbons (Fsp3) is 0.607. The van der Waals surface area contributed by atoms with Gasteiger partial charge in [-0.1, -0.05) is 90.0 Å². The minimum atomic E-state index is 0.640. The molecule has 0 radical (unpaired) electrons. The van der Waals surface area contributed by atoms with Gasteiger partial charge in [0.25, 0.3) is 0 Å². The molecule has 3 heteroatoms. The Hall–Kier alpha value is -1.61. The highest BCUT2D eigenvalue weighted by Gasteiger charge is 2.17. The van der Waals surface area contributed by atoms with E-state index in [2.05, 4.69) is 66.0 Å². The van der Waals surface area contributed by atoms with Gasteiger partial charge in [0.15, 0.2) is 4.96 Å². The van der Waals surface area contributed by atoms with Crippen molar-refractivity contribution in [2.24, 2.45) is 0 Å². The number of thiazole rings is 1. The summed E-state index contributed by atoms with van der Waals surface area (Å²) in [5.74, 6) is 1.30. The molecule has 2 atom stereocenters. The molecule has 3 aromatic rings. The van der Waals surface area contributed by atoms with Crippen molar-refractivity contribution in [3.05, 3.63) is 58.9 Å².